The van der Waals surface area contributed by atoms with E-state index in [1.54, 1.807) is 24.3 Å². The molecule has 0 radical (unpaired) electrons. The minimum Gasteiger partial charge on any atom is -0.469 e. The number of benzene rings is 1. The van der Waals surface area contributed by atoms with Gasteiger partial charge in [0.05, 0.1) is 18.8 Å². The van der Waals surface area contributed by atoms with Crippen LogP contribution in [-0.2, 0) is 25.5 Å². The van der Waals surface area contributed by atoms with Gasteiger partial charge >= 0.3 is 5.97 Å². The molecular formula is C17H22N4O4S. The zero-order valence-electron chi connectivity index (χ0n) is 14.9. The first-order valence-electron chi connectivity index (χ1n) is 8.06. The monoisotopic (exact) mass is 378 g/mol. The molecule has 0 aromatic heterocycles. The summed E-state index contributed by atoms with van der Waals surface area (Å²) in [5.74, 6) is -0.904. The van der Waals surface area contributed by atoms with Gasteiger partial charge in [0.2, 0.25) is 11.8 Å². The van der Waals surface area contributed by atoms with Gasteiger partial charge in [-0.05, 0) is 25.5 Å². The van der Waals surface area contributed by atoms with Gasteiger partial charge in [0, 0.05) is 17.8 Å². The Labute approximate surface area is 156 Å². The highest BCUT2D eigenvalue weighted by atomic mass is 32.2. The normalized spacial score (nSPS) is 18.7. The number of ether oxygens (including phenoxy) is 1. The number of methoxy groups -OCH3 is 1. The van der Waals surface area contributed by atoms with Crippen LogP contribution in [-0.4, -0.2) is 41.4 Å². The average Bonchev–Trinajstić information content (AvgIpc) is 2.94. The third kappa shape index (κ3) is 5.76. The molecule has 2 rings (SSSR count). The van der Waals surface area contributed by atoms with Crippen LogP contribution >= 0.6 is 11.8 Å². The predicted octanol–water partition coefficient (Wildman–Crippen LogP) is 1.23. The van der Waals surface area contributed by atoms with Gasteiger partial charge in [0.25, 0.3) is 0 Å². The fourth-order valence-electron chi connectivity index (χ4n) is 2.27. The van der Waals surface area contributed by atoms with E-state index in [1.165, 1.54) is 18.9 Å². The van der Waals surface area contributed by atoms with Gasteiger partial charge in [-0.3, -0.25) is 19.8 Å². The standard InChI is InChI=1S/C17H22N4O4S/c1-10(2)20-21-17-19-16(24)13(26-17)9-14(22)18-12-7-5-4-6-11(12)8-15(23)25-3/h4-7,13,17,21H,8-9H2,1-3H3,(H,18,22)(H,19,24). The number of nitrogens with zero attached hydrogens (tertiary/aromatic N) is 1. The lowest BCUT2D eigenvalue weighted by Crippen LogP contribution is -2.35. The Morgan fingerprint density at radius 1 is 1.31 bits per heavy atom. The van der Waals surface area contributed by atoms with Crippen molar-refractivity contribution in [3.8, 4) is 0 Å². The number of rotatable bonds is 7. The second-order valence-electron chi connectivity index (χ2n) is 5.86. The van der Waals surface area contributed by atoms with Crippen LogP contribution in [0.15, 0.2) is 29.4 Å². The van der Waals surface area contributed by atoms with Gasteiger partial charge in [-0.25, -0.2) is 0 Å². The SMILES string of the molecule is COC(=O)Cc1ccccc1NC(=O)CC1SC(NN=C(C)C)NC1=O. The fourth-order valence-corrected chi connectivity index (χ4v) is 3.33. The number of amides is 2. The van der Waals surface area contributed by atoms with Gasteiger partial charge in [0.1, 0.15) is 0 Å². The number of nitrogens with one attached hydrogen (secondary N) is 3. The molecule has 8 nitrogen and oxygen atoms in total. The predicted molar refractivity (Wildman–Crippen MR) is 101 cm³/mol. The van der Waals surface area contributed by atoms with E-state index < -0.39 is 11.2 Å². The van der Waals surface area contributed by atoms with E-state index in [0.717, 1.165) is 5.71 Å². The van der Waals surface area contributed by atoms with Crippen LogP contribution in [0.2, 0.25) is 0 Å². The molecule has 1 aromatic rings. The molecule has 0 spiro atoms. The molecule has 2 amide bonds. The second kappa shape index (κ2) is 9.23. The maximum absolute atomic E-state index is 12.3. The lowest BCUT2D eigenvalue weighted by molar-refractivity contribution is -0.139. The number of thioether (sulfide) groups is 1. The minimum atomic E-state index is -0.507. The molecule has 1 fully saturated rings. The van der Waals surface area contributed by atoms with Crippen LogP contribution in [0.3, 0.4) is 0 Å². The molecule has 3 N–H and O–H groups in total. The van der Waals surface area contributed by atoms with Crippen LogP contribution in [0.25, 0.3) is 0 Å². The molecule has 9 heteroatoms. The highest BCUT2D eigenvalue weighted by Gasteiger charge is 2.34. The molecular weight excluding hydrogens is 356 g/mol. The molecule has 2 unspecified atom stereocenters. The van der Waals surface area contributed by atoms with Crippen molar-refractivity contribution >= 4 is 40.9 Å². The smallest absolute Gasteiger partial charge is 0.310 e. The molecule has 1 aromatic carbocycles. The van der Waals surface area contributed by atoms with Gasteiger partial charge < -0.3 is 15.4 Å². The maximum Gasteiger partial charge on any atom is 0.310 e. The highest BCUT2D eigenvalue weighted by Crippen LogP contribution is 2.25. The number of hydrogen-bond donors (Lipinski definition) is 3. The maximum atomic E-state index is 12.3. The van der Waals surface area contributed by atoms with Crippen molar-refractivity contribution in [2.75, 3.05) is 12.4 Å². The summed E-state index contributed by atoms with van der Waals surface area (Å²) in [5, 5.41) is 9.05. The summed E-state index contributed by atoms with van der Waals surface area (Å²) in [6.45, 7) is 3.68. The first-order valence-corrected chi connectivity index (χ1v) is 9.00. The zero-order valence-corrected chi connectivity index (χ0v) is 15.7. The summed E-state index contributed by atoms with van der Waals surface area (Å²) in [5.41, 5.74) is 4.50. The number of hydrazone groups is 1. The van der Waals surface area contributed by atoms with E-state index in [2.05, 4.69) is 25.9 Å². The summed E-state index contributed by atoms with van der Waals surface area (Å²) in [7, 11) is 1.31. The van der Waals surface area contributed by atoms with Crippen molar-refractivity contribution in [2.24, 2.45) is 5.10 Å². The second-order valence-corrected chi connectivity index (χ2v) is 7.18. The summed E-state index contributed by atoms with van der Waals surface area (Å²) in [4.78, 5) is 35.8. The van der Waals surface area contributed by atoms with Crippen molar-refractivity contribution in [1.82, 2.24) is 10.7 Å². The molecule has 1 aliphatic heterocycles. The Kier molecular flexibility index (Phi) is 7.02. The van der Waals surface area contributed by atoms with Crippen molar-refractivity contribution in [1.29, 1.82) is 0 Å². The van der Waals surface area contributed by atoms with Crippen molar-refractivity contribution in [2.45, 2.75) is 37.4 Å². The largest absolute Gasteiger partial charge is 0.469 e. The van der Waals surface area contributed by atoms with Crippen LogP contribution in [0, 0.1) is 0 Å². The Hall–Kier alpha value is -2.55. The number of carbonyl (C=O) groups excluding carboxylic acids is 3. The Morgan fingerprint density at radius 2 is 2.04 bits per heavy atom. The van der Waals surface area contributed by atoms with Gasteiger partial charge in [-0.2, -0.15) is 5.10 Å². The van der Waals surface area contributed by atoms with Crippen LogP contribution in [0.5, 0.6) is 0 Å². The number of esters is 1. The highest BCUT2D eigenvalue weighted by molar-refractivity contribution is 8.01. The molecule has 0 bridgehead atoms. The van der Waals surface area contributed by atoms with E-state index >= 15 is 0 Å². The number of anilines is 1. The van der Waals surface area contributed by atoms with E-state index in [9.17, 15) is 14.4 Å². The summed E-state index contributed by atoms with van der Waals surface area (Å²) < 4.78 is 4.66. The van der Waals surface area contributed by atoms with E-state index in [-0.39, 0.29) is 30.2 Å². The van der Waals surface area contributed by atoms with Crippen LogP contribution < -0.4 is 16.1 Å². The van der Waals surface area contributed by atoms with E-state index in [1.807, 2.05) is 13.8 Å². The number of carbonyl (C=O) groups is 3. The van der Waals surface area contributed by atoms with Gasteiger partial charge in [0.15, 0.2) is 5.50 Å². The Morgan fingerprint density at radius 3 is 2.73 bits per heavy atom. The molecule has 26 heavy (non-hydrogen) atoms. The topological polar surface area (TPSA) is 109 Å². The third-order valence-corrected chi connectivity index (χ3v) is 4.70. The first-order chi connectivity index (χ1) is 12.4. The number of para-hydroxylation sites is 1. The van der Waals surface area contributed by atoms with Gasteiger partial charge in [-0.15, -0.1) is 11.8 Å². The third-order valence-electron chi connectivity index (χ3n) is 3.50. The Balaban J connectivity index is 1.94. The average molecular weight is 378 g/mol. The Bertz CT molecular complexity index is 718. The summed E-state index contributed by atoms with van der Waals surface area (Å²) in [6, 6.07) is 6.99. The molecule has 1 saturated heterocycles. The lowest BCUT2D eigenvalue weighted by Gasteiger charge is -2.12. The van der Waals surface area contributed by atoms with Crippen LogP contribution in [0.4, 0.5) is 5.69 Å². The lowest BCUT2D eigenvalue weighted by atomic mass is 10.1. The summed E-state index contributed by atoms with van der Waals surface area (Å²) >= 11 is 1.30. The fraction of sp³-hybridized carbons (Fsp3) is 0.412. The quantitative estimate of drug-likeness (QED) is 0.374. The van der Waals surface area contributed by atoms with Crippen molar-refractivity contribution < 1.29 is 19.1 Å². The molecule has 140 valence electrons. The molecule has 2 atom stereocenters. The summed E-state index contributed by atoms with van der Waals surface area (Å²) in [6.07, 6.45) is 0.0854. The van der Waals surface area contributed by atoms with Crippen LogP contribution in [0.1, 0.15) is 25.8 Å². The molecule has 0 saturated carbocycles. The van der Waals surface area contributed by atoms with E-state index in [4.69, 9.17) is 0 Å². The molecule has 1 heterocycles. The van der Waals surface area contributed by atoms with E-state index in [0.29, 0.717) is 11.3 Å². The minimum absolute atomic E-state index is 0.0239. The van der Waals surface area contributed by atoms with Crippen molar-refractivity contribution in [3.05, 3.63) is 29.8 Å². The number of hydrogen-bond acceptors (Lipinski definition) is 7. The molecule has 1 aliphatic rings. The van der Waals surface area contributed by atoms with Gasteiger partial charge in [-0.1, -0.05) is 18.2 Å². The first kappa shape index (κ1) is 19.8. The molecule has 0 aliphatic carbocycles. The van der Waals surface area contributed by atoms with Crippen molar-refractivity contribution in [3.63, 3.8) is 0 Å². The zero-order chi connectivity index (χ0) is 19.1.